The molecule has 0 spiro atoms. The fourth-order valence-corrected chi connectivity index (χ4v) is 2.20. The molecule has 5 heteroatoms. The first kappa shape index (κ1) is 12.6. The van der Waals surface area contributed by atoms with Crippen molar-refractivity contribution in [2.75, 3.05) is 0 Å². The summed E-state index contributed by atoms with van der Waals surface area (Å²) in [5.41, 5.74) is 2.47. The van der Waals surface area contributed by atoms with E-state index in [1.54, 1.807) is 18.3 Å². The van der Waals surface area contributed by atoms with Crippen molar-refractivity contribution in [3.05, 3.63) is 54.7 Å². The minimum Gasteiger partial charge on any atom is -0.406 e. The number of rotatable bonds is 2. The topological polar surface area (TPSA) is 25.0 Å². The van der Waals surface area contributed by atoms with Gasteiger partial charge in [0.25, 0.3) is 0 Å². The van der Waals surface area contributed by atoms with E-state index in [1.807, 2.05) is 24.3 Å². The third-order valence-electron chi connectivity index (χ3n) is 2.97. The monoisotopic (exact) mass is 277 g/mol. The molecule has 1 heterocycles. The Hall–Kier alpha value is -2.43. The van der Waals surface area contributed by atoms with Crippen LogP contribution in [0.3, 0.4) is 0 Å². The number of fused-ring (bicyclic) bond motifs is 1. The summed E-state index contributed by atoms with van der Waals surface area (Å²) >= 11 is 0. The number of H-pyrrole nitrogens is 1. The number of hydrogen-bond donors (Lipinski definition) is 1. The van der Waals surface area contributed by atoms with Gasteiger partial charge in [-0.15, -0.1) is 13.2 Å². The molecule has 0 amide bonds. The molecule has 0 unspecified atom stereocenters. The lowest BCUT2D eigenvalue weighted by molar-refractivity contribution is -0.274. The Bertz CT molecular complexity index is 746. The van der Waals surface area contributed by atoms with Gasteiger partial charge in [-0.1, -0.05) is 24.3 Å². The summed E-state index contributed by atoms with van der Waals surface area (Å²) in [6.07, 6.45) is -2.89. The molecule has 102 valence electrons. The zero-order chi connectivity index (χ0) is 14.2. The summed E-state index contributed by atoms with van der Waals surface area (Å²) in [7, 11) is 0. The summed E-state index contributed by atoms with van der Waals surface area (Å²) in [4.78, 5) is 3.07. The lowest BCUT2D eigenvalue weighted by Gasteiger charge is -2.10. The van der Waals surface area contributed by atoms with Gasteiger partial charge in [-0.2, -0.15) is 0 Å². The van der Waals surface area contributed by atoms with Crippen LogP contribution in [0.1, 0.15) is 0 Å². The summed E-state index contributed by atoms with van der Waals surface area (Å²) in [6.45, 7) is 0. The van der Waals surface area contributed by atoms with Gasteiger partial charge in [0, 0.05) is 17.1 Å². The Morgan fingerprint density at radius 1 is 0.950 bits per heavy atom. The van der Waals surface area contributed by atoms with E-state index in [0.717, 1.165) is 16.5 Å². The van der Waals surface area contributed by atoms with Crippen LogP contribution in [0, 0.1) is 0 Å². The smallest absolute Gasteiger partial charge is 0.406 e. The highest BCUT2D eigenvalue weighted by Crippen LogP contribution is 2.31. The summed E-state index contributed by atoms with van der Waals surface area (Å²) < 4.78 is 40.7. The Morgan fingerprint density at radius 2 is 1.75 bits per heavy atom. The van der Waals surface area contributed by atoms with E-state index >= 15 is 0 Å². The molecule has 1 N–H and O–H groups in total. The van der Waals surface area contributed by atoms with Gasteiger partial charge in [-0.05, 0) is 35.4 Å². The van der Waals surface area contributed by atoms with Gasteiger partial charge in [0.05, 0.1) is 0 Å². The molecule has 0 bridgehead atoms. The Morgan fingerprint density at radius 3 is 2.55 bits per heavy atom. The van der Waals surface area contributed by atoms with Gasteiger partial charge in [-0.3, -0.25) is 0 Å². The van der Waals surface area contributed by atoms with Crippen LogP contribution in [0.2, 0.25) is 0 Å². The van der Waals surface area contributed by atoms with Crippen LogP contribution in [0.25, 0.3) is 22.0 Å². The Kier molecular flexibility index (Phi) is 2.89. The van der Waals surface area contributed by atoms with Crippen molar-refractivity contribution in [2.45, 2.75) is 6.36 Å². The molecule has 0 aliphatic rings. The number of halogens is 3. The van der Waals surface area contributed by atoms with Crippen LogP contribution in [-0.4, -0.2) is 11.3 Å². The molecule has 0 saturated heterocycles. The minimum absolute atomic E-state index is 0.220. The van der Waals surface area contributed by atoms with Gasteiger partial charge < -0.3 is 9.72 Å². The van der Waals surface area contributed by atoms with Crippen LogP contribution < -0.4 is 4.74 Å². The van der Waals surface area contributed by atoms with Gasteiger partial charge in [0.15, 0.2) is 0 Å². The summed E-state index contributed by atoms with van der Waals surface area (Å²) in [5.74, 6) is -0.220. The average molecular weight is 277 g/mol. The van der Waals surface area contributed by atoms with Crippen LogP contribution in [0.5, 0.6) is 5.75 Å². The molecular formula is C15H10F3NO. The molecular weight excluding hydrogens is 267 g/mol. The minimum atomic E-state index is -4.68. The number of aromatic amines is 1. The maximum Gasteiger partial charge on any atom is 0.573 e. The maximum absolute atomic E-state index is 12.3. The predicted octanol–water partition coefficient (Wildman–Crippen LogP) is 4.73. The third kappa shape index (κ3) is 2.47. The number of aromatic nitrogens is 1. The van der Waals surface area contributed by atoms with Crippen molar-refractivity contribution in [1.29, 1.82) is 0 Å². The molecule has 2 nitrogen and oxygen atoms in total. The number of alkyl halides is 3. The fourth-order valence-electron chi connectivity index (χ4n) is 2.20. The highest BCUT2D eigenvalue weighted by Gasteiger charge is 2.31. The van der Waals surface area contributed by atoms with Crippen molar-refractivity contribution in [3.8, 4) is 16.9 Å². The second-order valence-electron chi connectivity index (χ2n) is 4.32. The summed E-state index contributed by atoms with van der Waals surface area (Å²) in [5, 5.41) is 0.955. The first-order valence-corrected chi connectivity index (χ1v) is 5.95. The van der Waals surface area contributed by atoms with E-state index in [4.69, 9.17) is 0 Å². The molecule has 1 aromatic heterocycles. The van der Waals surface area contributed by atoms with E-state index < -0.39 is 6.36 Å². The molecule has 0 aliphatic heterocycles. The number of benzene rings is 2. The van der Waals surface area contributed by atoms with E-state index in [1.165, 1.54) is 12.1 Å². The average Bonchev–Trinajstić information content (AvgIpc) is 2.85. The quantitative estimate of drug-likeness (QED) is 0.719. The zero-order valence-electron chi connectivity index (χ0n) is 10.2. The van der Waals surface area contributed by atoms with Crippen molar-refractivity contribution in [2.24, 2.45) is 0 Å². The molecule has 0 aliphatic carbocycles. The van der Waals surface area contributed by atoms with Crippen molar-refractivity contribution >= 4 is 10.9 Å². The number of hydrogen-bond acceptors (Lipinski definition) is 1. The second-order valence-corrected chi connectivity index (χ2v) is 4.32. The van der Waals surface area contributed by atoms with Crippen molar-refractivity contribution in [1.82, 2.24) is 4.98 Å². The summed E-state index contributed by atoms with van der Waals surface area (Å²) in [6, 6.07) is 13.5. The molecule has 20 heavy (non-hydrogen) atoms. The first-order valence-electron chi connectivity index (χ1n) is 5.95. The maximum atomic E-state index is 12.3. The zero-order valence-corrected chi connectivity index (χ0v) is 10.2. The highest BCUT2D eigenvalue weighted by atomic mass is 19.4. The van der Waals surface area contributed by atoms with E-state index in [9.17, 15) is 13.2 Å². The van der Waals surface area contributed by atoms with E-state index in [2.05, 4.69) is 9.72 Å². The van der Waals surface area contributed by atoms with Gasteiger partial charge in [-0.25, -0.2) is 0 Å². The van der Waals surface area contributed by atoms with Gasteiger partial charge in [0.1, 0.15) is 5.75 Å². The number of nitrogens with one attached hydrogen (secondary N) is 1. The molecule has 0 saturated carbocycles. The van der Waals surface area contributed by atoms with Gasteiger partial charge >= 0.3 is 6.36 Å². The first-order chi connectivity index (χ1) is 9.53. The van der Waals surface area contributed by atoms with Crippen LogP contribution >= 0.6 is 0 Å². The van der Waals surface area contributed by atoms with Crippen LogP contribution in [-0.2, 0) is 0 Å². The van der Waals surface area contributed by atoms with Crippen molar-refractivity contribution < 1.29 is 17.9 Å². The fraction of sp³-hybridized carbons (Fsp3) is 0.0667. The molecule has 3 aromatic rings. The lowest BCUT2D eigenvalue weighted by Crippen LogP contribution is -2.17. The molecule has 0 fully saturated rings. The lowest BCUT2D eigenvalue weighted by atomic mass is 10.0. The third-order valence-corrected chi connectivity index (χ3v) is 2.97. The molecule has 0 radical (unpaired) electrons. The second kappa shape index (κ2) is 4.59. The van der Waals surface area contributed by atoms with Crippen LogP contribution in [0.4, 0.5) is 13.2 Å². The van der Waals surface area contributed by atoms with Gasteiger partial charge in [0.2, 0.25) is 0 Å². The standard InChI is InChI=1S/C15H10F3NO/c16-15(17,18)20-11-4-1-3-10(9-11)12-5-2-6-14-13(12)7-8-19-14/h1-9,19H. The van der Waals surface area contributed by atoms with E-state index in [0.29, 0.717) is 5.56 Å². The highest BCUT2D eigenvalue weighted by molar-refractivity contribution is 5.95. The molecule has 0 atom stereocenters. The van der Waals surface area contributed by atoms with Crippen LogP contribution in [0.15, 0.2) is 54.7 Å². The molecule has 3 rings (SSSR count). The number of ether oxygens (including phenoxy) is 1. The predicted molar refractivity (Wildman–Crippen MR) is 70.4 cm³/mol. The SMILES string of the molecule is FC(F)(F)Oc1cccc(-c2cccc3[nH]ccc23)c1. The van der Waals surface area contributed by atoms with E-state index in [-0.39, 0.29) is 5.75 Å². The Balaban J connectivity index is 2.06. The molecule has 2 aromatic carbocycles. The Labute approximate surface area is 112 Å². The largest absolute Gasteiger partial charge is 0.573 e. The van der Waals surface area contributed by atoms with Crippen molar-refractivity contribution in [3.63, 3.8) is 0 Å². The normalized spacial score (nSPS) is 11.8.